The molecule has 0 aliphatic heterocycles. The van der Waals surface area contributed by atoms with E-state index in [1.807, 2.05) is 37.3 Å². The topological polar surface area (TPSA) is 92.7 Å². The second-order valence-corrected chi connectivity index (χ2v) is 6.88. The minimum atomic E-state index is -0.361. The Morgan fingerprint density at radius 1 is 1.36 bits per heavy atom. The van der Waals surface area contributed by atoms with Crippen molar-refractivity contribution in [1.29, 1.82) is 0 Å². The number of fused-ring (bicyclic) bond motifs is 1. The highest BCUT2D eigenvalue weighted by Gasteiger charge is 2.17. The Balaban J connectivity index is 1.93. The zero-order chi connectivity index (χ0) is 17.8. The summed E-state index contributed by atoms with van der Waals surface area (Å²) in [5, 5.41) is 7.56. The zero-order valence-corrected chi connectivity index (χ0v) is 14.8. The minimum absolute atomic E-state index is 0.0776. The average Bonchev–Trinajstić information content (AvgIpc) is 3.04. The SMILES string of the molecule is CCCNC(=O)C(C)Sc1nc2c(cnn2-c2ccccc2)c(=O)[nH]1. The molecule has 3 aromatic rings. The second-order valence-electron chi connectivity index (χ2n) is 5.55. The van der Waals surface area contributed by atoms with Gasteiger partial charge in [-0.05, 0) is 25.5 Å². The van der Waals surface area contributed by atoms with Gasteiger partial charge in [0, 0.05) is 6.54 Å². The number of aromatic amines is 1. The fourth-order valence-corrected chi connectivity index (χ4v) is 3.14. The molecule has 130 valence electrons. The number of thioether (sulfide) groups is 1. The minimum Gasteiger partial charge on any atom is -0.355 e. The largest absolute Gasteiger partial charge is 0.355 e. The van der Waals surface area contributed by atoms with E-state index in [0.29, 0.717) is 22.7 Å². The normalized spacial score (nSPS) is 12.2. The fourth-order valence-electron chi connectivity index (χ4n) is 2.33. The molecular weight excluding hydrogens is 338 g/mol. The Kier molecular flexibility index (Phi) is 5.18. The first-order valence-corrected chi connectivity index (χ1v) is 8.96. The summed E-state index contributed by atoms with van der Waals surface area (Å²) in [4.78, 5) is 31.6. The molecule has 1 aromatic carbocycles. The number of amides is 1. The first kappa shape index (κ1) is 17.2. The predicted molar refractivity (Wildman–Crippen MR) is 98.1 cm³/mol. The molecular formula is C17H19N5O2S. The molecule has 7 nitrogen and oxygen atoms in total. The van der Waals surface area contributed by atoms with Gasteiger partial charge in [0.25, 0.3) is 5.56 Å². The molecule has 0 bridgehead atoms. The van der Waals surface area contributed by atoms with E-state index in [9.17, 15) is 9.59 Å². The van der Waals surface area contributed by atoms with E-state index >= 15 is 0 Å². The van der Waals surface area contributed by atoms with Crippen molar-refractivity contribution in [3.05, 3.63) is 46.9 Å². The molecule has 3 rings (SSSR count). The Morgan fingerprint density at radius 3 is 2.84 bits per heavy atom. The number of H-pyrrole nitrogens is 1. The number of carbonyl (C=O) groups is 1. The van der Waals surface area contributed by atoms with E-state index in [1.54, 1.807) is 11.6 Å². The molecule has 25 heavy (non-hydrogen) atoms. The van der Waals surface area contributed by atoms with Crippen LogP contribution < -0.4 is 10.9 Å². The van der Waals surface area contributed by atoms with Crippen LogP contribution in [0.5, 0.6) is 0 Å². The average molecular weight is 357 g/mol. The quantitative estimate of drug-likeness (QED) is 0.521. The number of para-hydroxylation sites is 1. The molecule has 2 N–H and O–H groups in total. The van der Waals surface area contributed by atoms with Gasteiger partial charge in [-0.15, -0.1) is 0 Å². The van der Waals surface area contributed by atoms with Gasteiger partial charge in [0.05, 0.1) is 17.1 Å². The van der Waals surface area contributed by atoms with Crippen molar-refractivity contribution >= 4 is 28.7 Å². The summed E-state index contributed by atoms with van der Waals surface area (Å²) >= 11 is 1.22. The standard InChI is InChI=1S/C17H19N5O2S/c1-3-9-18-15(23)11(2)25-17-20-14-13(16(24)21-17)10-19-22(14)12-7-5-4-6-8-12/h4-8,10-11H,3,9H2,1-2H3,(H,18,23)(H,20,21,24). The second kappa shape index (κ2) is 7.52. The summed E-state index contributed by atoms with van der Waals surface area (Å²) in [5.41, 5.74) is 1.02. The van der Waals surface area contributed by atoms with Crippen molar-refractivity contribution in [1.82, 2.24) is 25.1 Å². The molecule has 0 saturated heterocycles. The smallest absolute Gasteiger partial charge is 0.262 e. The van der Waals surface area contributed by atoms with Gasteiger partial charge in [-0.3, -0.25) is 9.59 Å². The summed E-state index contributed by atoms with van der Waals surface area (Å²) in [5.74, 6) is -0.0776. The summed E-state index contributed by atoms with van der Waals surface area (Å²) in [6.07, 6.45) is 2.38. The molecule has 0 fully saturated rings. The molecule has 0 saturated carbocycles. The Labute approximate surface area is 148 Å². The van der Waals surface area contributed by atoms with E-state index in [1.165, 1.54) is 18.0 Å². The molecule has 2 aromatic heterocycles. The predicted octanol–water partition coefficient (Wildman–Crippen LogP) is 2.12. The van der Waals surface area contributed by atoms with Crippen LogP contribution >= 0.6 is 11.8 Å². The Hall–Kier alpha value is -2.61. The van der Waals surface area contributed by atoms with Gasteiger partial charge in [-0.1, -0.05) is 36.9 Å². The van der Waals surface area contributed by atoms with Crippen molar-refractivity contribution in [3.8, 4) is 5.69 Å². The lowest BCUT2D eigenvalue weighted by molar-refractivity contribution is -0.120. The zero-order valence-electron chi connectivity index (χ0n) is 14.0. The van der Waals surface area contributed by atoms with Crippen LogP contribution in [0, 0.1) is 0 Å². The maximum absolute atomic E-state index is 12.3. The van der Waals surface area contributed by atoms with Crippen molar-refractivity contribution in [2.45, 2.75) is 30.7 Å². The van der Waals surface area contributed by atoms with Gasteiger partial charge in [0.2, 0.25) is 5.91 Å². The van der Waals surface area contributed by atoms with Crippen LogP contribution in [0.15, 0.2) is 46.5 Å². The van der Waals surface area contributed by atoms with Crippen molar-refractivity contribution in [3.63, 3.8) is 0 Å². The molecule has 0 spiro atoms. The van der Waals surface area contributed by atoms with E-state index < -0.39 is 0 Å². The third kappa shape index (κ3) is 3.74. The number of carbonyl (C=O) groups excluding carboxylic acids is 1. The maximum atomic E-state index is 12.3. The lowest BCUT2D eigenvalue weighted by Crippen LogP contribution is -2.31. The van der Waals surface area contributed by atoms with Gasteiger partial charge in [0.15, 0.2) is 10.8 Å². The number of rotatable bonds is 6. The molecule has 0 radical (unpaired) electrons. The number of hydrogen-bond acceptors (Lipinski definition) is 5. The van der Waals surface area contributed by atoms with Crippen molar-refractivity contribution in [2.24, 2.45) is 0 Å². The summed E-state index contributed by atoms with van der Waals surface area (Å²) in [6, 6.07) is 9.48. The van der Waals surface area contributed by atoms with Gasteiger partial charge in [-0.25, -0.2) is 9.67 Å². The first-order valence-electron chi connectivity index (χ1n) is 8.08. The Morgan fingerprint density at radius 2 is 2.12 bits per heavy atom. The highest BCUT2D eigenvalue weighted by Crippen LogP contribution is 2.21. The first-order chi connectivity index (χ1) is 12.1. The molecule has 8 heteroatoms. The number of aromatic nitrogens is 4. The Bertz CT molecular complexity index is 935. The van der Waals surface area contributed by atoms with Crippen LogP contribution in [0.2, 0.25) is 0 Å². The van der Waals surface area contributed by atoms with Crippen LogP contribution in [0.3, 0.4) is 0 Å². The fraction of sp³-hybridized carbons (Fsp3) is 0.294. The van der Waals surface area contributed by atoms with Crippen LogP contribution in [0.4, 0.5) is 0 Å². The molecule has 1 amide bonds. The third-order valence-corrected chi connectivity index (χ3v) is 4.61. The molecule has 1 unspecified atom stereocenters. The number of hydrogen-bond donors (Lipinski definition) is 2. The van der Waals surface area contributed by atoms with Crippen molar-refractivity contribution in [2.75, 3.05) is 6.54 Å². The van der Waals surface area contributed by atoms with Crippen LogP contribution in [0.1, 0.15) is 20.3 Å². The molecule has 0 aliphatic rings. The monoisotopic (exact) mass is 357 g/mol. The van der Waals surface area contributed by atoms with Gasteiger partial charge in [0.1, 0.15) is 5.39 Å². The summed E-state index contributed by atoms with van der Waals surface area (Å²) < 4.78 is 1.62. The highest BCUT2D eigenvalue weighted by atomic mass is 32.2. The number of benzene rings is 1. The van der Waals surface area contributed by atoms with E-state index in [2.05, 4.69) is 20.4 Å². The van der Waals surface area contributed by atoms with Crippen LogP contribution in [0.25, 0.3) is 16.7 Å². The van der Waals surface area contributed by atoms with E-state index in [-0.39, 0.29) is 16.7 Å². The maximum Gasteiger partial charge on any atom is 0.262 e. The summed E-state index contributed by atoms with van der Waals surface area (Å²) in [7, 11) is 0. The van der Waals surface area contributed by atoms with Crippen LogP contribution in [-0.4, -0.2) is 37.5 Å². The van der Waals surface area contributed by atoms with Gasteiger partial charge < -0.3 is 10.3 Å². The van der Waals surface area contributed by atoms with Gasteiger partial charge >= 0.3 is 0 Å². The van der Waals surface area contributed by atoms with Crippen molar-refractivity contribution < 1.29 is 4.79 Å². The number of nitrogens with zero attached hydrogens (tertiary/aromatic N) is 3. The lowest BCUT2D eigenvalue weighted by atomic mass is 10.3. The molecule has 2 heterocycles. The third-order valence-electron chi connectivity index (χ3n) is 3.62. The summed E-state index contributed by atoms with van der Waals surface area (Å²) in [6.45, 7) is 4.41. The lowest BCUT2D eigenvalue weighted by Gasteiger charge is -2.11. The molecule has 1 atom stereocenters. The van der Waals surface area contributed by atoms with Crippen LogP contribution in [-0.2, 0) is 4.79 Å². The molecule has 0 aliphatic carbocycles. The highest BCUT2D eigenvalue weighted by molar-refractivity contribution is 8.00. The number of nitrogens with one attached hydrogen (secondary N) is 2. The van der Waals surface area contributed by atoms with E-state index in [0.717, 1.165) is 12.1 Å². The van der Waals surface area contributed by atoms with E-state index in [4.69, 9.17) is 0 Å². The van der Waals surface area contributed by atoms with Gasteiger partial charge in [-0.2, -0.15) is 5.10 Å².